The molecule has 0 bridgehead atoms. The summed E-state index contributed by atoms with van der Waals surface area (Å²) >= 11 is 0. The van der Waals surface area contributed by atoms with Gasteiger partial charge in [-0.05, 0) is 62.6 Å². The van der Waals surface area contributed by atoms with E-state index in [9.17, 15) is 35.1 Å². The first kappa shape index (κ1) is 52.7. The third kappa shape index (κ3) is 25.9. The Labute approximate surface area is 354 Å². The summed E-state index contributed by atoms with van der Waals surface area (Å²) in [6.45, 7) is 2.60. The van der Waals surface area contributed by atoms with Gasteiger partial charge < -0.3 is 61.2 Å². The van der Waals surface area contributed by atoms with Gasteiger partial charge in [-0.2, -0.15) is 0 Å². The van der Waals surface area contributed by atoms with E-state index in [1.807, 2.05) is 0 Å². The molecule has 0 spiro atoms. The summed E-state index contributed by atoms with van der Waals surface area (Å²) < 4.78 is 16.8. The molecule has 14 heteroatoms. The molecular weight excluding hydrogens is 759 g/mol. The van der Waals surface area contributed by atoms with Crippen LogP contribution in [0.5, 0.6) is 5.75 Å². The third-order valence-corrected chi connectivity index (χ3v) is 11.0. The second-order valence-electron chi connectivity index (χ2n) is 16.4. The van der Waals surface area contributed by atoms with E-state index >= 15 is 0 Å². The Morgan fingerprint density at radius 3 is 1.93 bits per heavy atom. The predicted octanol–water partition coefficient (Wildman–Crippen LogP) is 4.48. The second-order valence-corrected chi connectivity index (χ2v) is 16.4. The molecular formula is C45H81N3O11. The minimum Gasteiger partial charge on any atom is -0.491 e. The molecule has 1 heterocycles. The molecule has 1 fully saturated rings. The number of rotatable bonds is 39. The molecule has 0 unspecified atom stereocenters. The average molecular weight is 840 g/mol. The smallest absolute Gasteiger partial charge is 0.248 e. The van der Waals surface area contributed by atoms with Crippen molar-refractivity contribution < 1.29 is 54.4 Å². The summed E-state index contributed by atoms with van der Waals surface area (Å²) in [5.74, 6) is -0.268. The number of hydrogen-bond acceptors (Lipinski definition) is 12. The van der Waals surface area contributed by atoms with Crippen LogP contribution in [0, 0.1) is 0 Å². The van der Waals surface area contributed by atoms with E-state index in [0.717, 1.165) is 70.8 Å². The van der Waals surface area contributed by atoms with Crippen LogP contribution < -0.4 is 21.1 Å². The van der Waals surface area contributed by atoms with Gasteiger partial charge in [-0.3, -0.25) is 9.59 Å². The number of aliphatic hydroxyl groups is 6. The Bertz CT molecular complexity index is 1200. The van der Waals surface area contributed by atoms with Crippen LogP contribution in [0.3, 0.4) is 0 Å². The molecule has 1 aromatic rings. The molecule has 14 nitrogen and oxygen atoms in total. The monoisotopic (exact) mass is 840 g/mol. The van der Waals surface area contributed by atoms with Crippen molar-refractivity contribution in [2.75, 3.05) is 39.6 Å². The van der Waals surface area contributed by atoms with Crippen LogP contribution in [0.2, 0.25) is 0 Å². The number of carbonyl (C=O) groups excluding carboxylic acids is 2. The van der Waals surface area contributed by atoms with E-state index in [1.54, 1.807) is 31.2 Å². The largest absolute Gasteiger partial charge is 0.491 e. The van der Waals surface area contributed by atoms with Crippen molar-refractivity contribution >= 4 is 11.8 Å². The summed E-state index contributed by atoms with van der Waals surface area (Å²) in [6, 6.07) is 5.80. The summed E-state index contributed by atoms with van der Waals surface area (Å²) in [7, 11) is 0. The normalized spacial score (nSPS) is 18.1. The van der Waals surface area contributed by atoms with Gasteiger partial charge >= 0.3 is 0 Å². The van der Waals surface area contributed by atoms with Gasteiger partial charge in [0.2, 0.25) is 11.8 Å². The number of amides is 2. The lowest BCUT2D eigenvalue weighted by Gasteiger charge is -2.18. The molecule has 8 atom stereocenters. The maximum Gasteiger partial charge on any atom is 0.248 e. The Morgan fingerprint density at radius 1 is 0.746 bits per heavy atom. The zero-order valence-electron chi connectivity index (χ0n) is 36.0. The molecule has 0 aliphatic carbocycles. The van der Waals surface area contributed by atoms with Crippen LogP contribution in [-0.2, 0) is 19.1 Å². The lowest BCUT2D eigenvalue weighted by Crippen LogP contribution is -2.41. The Hall–Kier alpha value is -2.40. The van der Waals surface area contributed by atoms with E-state index in [0.29, 0.717) is 37.2 Å². The molecule has 1 aliphatic heterocycles. The van der Waals surface area contributed by atoms with E-state index in [4.69, 9.17) is 25.1 Å². The first-order valence-electron chi connectivity index (χ1n) is 22.8. The average Bonchev–Trinajstić information content (AvgIpc) is 4.03. The topological polar surface area (TPSA) is 237 Å². The van der Waals surface area contributed by atoms with Crippen molar-refractivity contribution in [2.45, 2.75) is 197 Å². The molecule has 0 aromatic heterocycles. The SMILES string of the molecule is CCC(=O)N[C@@H](CO)COc1ccc([C@@H](O)CNC(=O)[C@@H](O)CCC[C@H](O)[C@H]2O[C@H]2CCCCCCC[C@@H](O)CCCCCCCCCCCCOC[C@@H](N)CO)cc1. The quantitative estimate of drug-likeness (QED) is 0.0330. The summed E-state index contributed by atoms with van der Waals surface area (Å²) in [5, 5.41) is 65.3. The fraction of sp³-hybridized carbons (Fsp3) is 0.822. The Balaban J connectivity index is 1.39. The van der Waals surface area contributed by atoms with E-state index in [2.05, 4.69) is 10.6 Å². The lowest BCUT2D eigenvalue weighted by atomic mass is 10.0. The van der Waals surface area contributed by atoms with Gasteiger partial charge in [0, 0.05) is 19.6 Å². The molecule has 0 saturated carbocycles. The fourth-order valence-corrected chi connectivity index (χ4v) is 7.11. The van der Waals surface area contributed by atoms with Crippen LogP contribution in [0.1, 0.15) is 160 Å². The van der Waals surface area contributed by atoms with Crippen molar-refractivity contribution in [2.24, 2.45) is 5.73 Å². The molecule has 1 aromatic carbocycles. The number of epoxide rings is 1. The van der Waals surface area contributed by atoms with Gasteiger partial charge in [0.25, 0.3) is 0 Å². The van der Waals surface area contributed by atoms with Crippen molar-refractivity contribution in [1.29, 1.82) is 0 Å². The number of nitrogens with one attached hydrogen (secondary N) is 2. The van der Waals surface area contributed by atoms with Crippen LogP contribution in [0.25, 0.3) is 0 Å². The molecule has 10 N–H and O–H groups in total. The zero-order chi connectivity index (χ0) is 43.1. The first-order chi connectivity index (χ1) is 28.6. The van der Waals surface area contributed by atoms with Gasteiger partial charge in [0.1, 0.15) is 24.6 Å². The molecule has 342 valence electrons. The number of aliphatic hydroxyl groups excluding tert-OH is 6. The van der Waals surface area contributed by atoms with Gasteiger partial charge in [0.15, 0.2) is 0 Å². The lowest BCUT2D eigenvalue weighted by molar-refractivity contribution is -0.130. The zero-order valence-corrected chi connectivity index (χ0v) is 36.0. The van der Waals surface area contributed by atoms with Crippen LogP contribution in [-0.4, -0.2) is 125 Å². The van der Waals surface area contributed by atoms with Gasteiger partial charge in [-0.25, -0.2) is 0 Å². The highest BCUT2D eigenvalue weighted by Gasteiger charge is 2.43. The highest BCUT2D eigenvalue weighted by Crippen LogP contribution is 2.32. The van der Waals surface area contributed by atoms with Crippen LogP contribution >= 0.6 is 0 Å². The number of carbonyl (C=O) groups is 2. The highest BCUT2D eigenvalue weighted by atomic mass is 16.6. The molecule has 1 saturated heterocycles. The highest BCUT2D eigenvalue weighted by molar-refractivity contribution is 5.80. The van der Waals surface area contributed by atoms with Crippen molar-refractivity contribution in [1.82, 2.24) is 10.6 Å². The number of ether oxygens (including phenoxy) is 3. The summed E-state index contributed by atoms with van der Waals surface area (Å²) in [5.41, 5.74) is 6.16. The van der Waals surface area contributed by atoms with Gasteiger partial charge in [-0.15, -0.1) is 0 Å². The van der Waals surface area contributed by atoms with Gasteiger partial charge in [-0.1, -0.05) is 109 Å². The molecule has 2 rings (SSSR count). The van der Waals surface area contributed by atoms with E-state index in [-0.39, 0.29) is 63.0 Å². The number of hydrogen-bond donors (Lipinski definition) is 9. The molecule has 2 amide bonds. The number of nitrogens with two attached hydrogens (primary N) is 1. The summed E-state index contributed by atoms with van der Waals surface area (Å²) in [4.78, 5) is 24.0. The Morgan fingerprint density at radius 2 is 1.34 bits per heavy atom. The van der Waals surface area contributed by atoms with Crippen LogP contribution in [0.15, 0.2) is 24.3 Å². The maximum atomic E-state index is 12.4. The molecule has 59 heavy (non-hydrogen) atoms. The van der Waals surface area contributed by atoms with Crippen molar-refractivity contribution in [3.05, 3.63) is 29.8 Å². The van der Waals surface area contributed by atoms with Crippen molar-refractivity contribution in [3.63, 3.8) is 0 Å². The summed E-state index contributed by atoms with van der Waals surface area (Å²) in [6.07, 6.45) is 18.5. The van der Waals surface area contributed by atoms with Crippen LogP contribution in [0.4, 0.5) is 0 Å². The maximum absolute atomic E-state index is 12.4. The number of unbranched alkanes of at least 4 members (excludes halogenated alkanes) is 13. The fourth-order valence-electron chi connectivity index (χ4n) is 7.11. The third-order valence-electron chi connectivity index (χ3n) is 11.0. The first-order valence-corrected chi connectivity index (χ1v) is 22.8. The van der Waals surface area contributed by atoms with E-state index in [1.165, 1.54) is 51.4 Å². The number of benzene rings is 1. The van der Waals surface area contributed by atoms with E-state index < -0.39 is 30.3 Å². The van der Waals surface area contributed by atoms with Gasteiger partial charge in [0.05, 0.1) is 56.3 Å². The Kier molecular flexibility index (Phi) is 29.7. The second kappa shape index (κ2) is 33.3. The molecule has 0 radical (unpaired) electrons. The minimum absolute atomic E-state index is 0.0298. The standard InChI is InChI=1S/C45H81N3O11/c1-2-43(55)48-36(31-50)33-58-38-26-24-34(25-27-38)41(54)29-47-45(56)40(53)22-18-21-39(52)44-42(59-44)23-16-12-9-11-15-20-37(51)19-14-10-7-5-3-4-6-8-13-17-28-57-32-35(46)30-49/h24-27,35-37,39-42,44,49-54H,2-23,28-33,46H2,1H3,(H,47,56)(H,48,55)/t35-,36-,37-,39-,40-,41-,42-,44+/m0/s1. The minimum atomic E-state index is -1.25. The predicted molar refractivity (Wildman–Crippen MR) is 229 cm³/mol. The molecule has 1 aliphatic rings. The van der Waals surface area contributed by atoms with Crippen molar-refractivity contribution in [3.8, 4) is 5.75 Å².